The minimum absolute atomic E-state index is 0.0665. The number of ether oxygens (including phenoxy) is 3. The van der Waals surface area contributed by atoms with Gasteiger partial charge in [0.1, 0.15) is 30.4 Å². The third-order valence-electron chi connectivity index (χ3n) is 14.3. The number of fused-ring (bicyclic) bond motifs is 6. The van der Waals surface area contributed by atoms with Crippen molar-refractivity contribution in [3.8, 4) is 28.1 Å². The number of carboxylic acids is 1. The van der Waals surface area contributed by atoms with Crippen molar-refractivity contribution in [3.05, 3.63) is 90.0 Å². The van der Waals surface area contributed by atoms with Crippen LogP contribution in [0.5, 0.6) is 5.75 Å². The van der Waals surface area contributed by atoms with E-state index < -0.39 is 71.8 Å². The Kier molecular flexibility index (Phi) is 17.3. The van der Waals surface area contributed by atoms with Gasteiger partial charge in [0.25, 0.3) is 5.91 Å². The molecule has 4 atom stereocenters. The van der Waals surface area contributed by atoms with Crippen LogP contribution >= 0.6 is 0 Å². The average Bonchev–Trinajstić information content (AvgIpc) is 3.99. The summed E-state index contributed by atoms with van der Waals surface area (Å²) < 4.78 is 19.9. The maximum Gasteiger partial charge on any atom is 0.415 e. The molecule has 2 saturated heterocycles. The van der Waals surface area contributed by atoms with Crippen LogP contribution in [0.2, 0.25) is 0 Å². The van der Waals surface area contributed by atoms with Crippen molar-refractivity contribution >= 4 is 52.6 Å². The molecule has 4 heterocycles. The summed E-state index contributed by atoms with van der Waals surface area (Å²) in [5.41, 5.74) is 9.56. The summed E-state index contributed by atoms with van der Waals surface area (Å²) in [5, 5.41) is 14.8. The van der Waals surface area contributed by atoms with Gasteiger partial charge in [0.15, 0.2) is 0 Å². The van der Waals surface area contributed by atoms with Crippen molar-refractivity contribution in [3.63, 3.8) is 0 Å². The number of amides is 5. The third kappa shape index (κ3) is 12.3. The van der Waals surface area contributed by atoms with E-state index in [2.05, 4.69) is 66.9 Å². The largest absolute Gasteiger partial charge is 0.480 e. The number of hydrazine groups is 1. The molecule has 3 aliphatic rings. The van der Waals surface area contributed by atoms with E-state index in [-0.39, 0.29) is 43.7 Å². The van der Waals surface area contributed by atoms with E-state index in [1.54, 1.807) is 45.0 Å². The predicted octanol–water partition coefficient (Wildman–Crippen LogP) is 5.87. The van der Waals surface area contributed by atoms with E-state index in [0.717, 1.165) is 43.8 Å². The maximum atomic E-state index is 15.0. The number of carbonyl (C=O) groups is 7. The topological polar surface area (TPSA) is 209 Å². The number of likely N-dealkylation sites (N-methyl/N-ethyl adjacent to an activating group) is 2. The van der Waals surface area contributed by atoms with Crippen LogP contribution in [0.25, 0.3) is 33.3 Å². The van der Waals surface area contributed by atoms with E-state index in [4.69, 9.17) is 14.2 Å². The number of aromatic nitrogens is 1. The molecule has 2 fully saturated rings. The molecule has 0 aliphatic carbocycles. The van der Waals surface area contributed by atoms with Gasteiger partial charge in [-0.1, -0.05) is 70.7 Å². The molecular weight excluding hydrogens is 947 g/mol. The quantitative estimate of drug-likeness (QED) is 0.100. The van der Waals surface area contributed by atoms with Gasteiger partial charge in [0.2, 0.25) is 17.7 Å². The van der Waals surface area contributed by atoms with Crippen LogP contribution < -0.4 is 15.5 Å². The monoisotopic (exact) mass is 1020 g/mol. The Balaban J connectivity index is 1.37. The lowest BCUT2D eigenvalue weighted by Crippen LogP contribution is -2.62. The molecule has 7 rings (SSSR count). The van der Waals surface area contributed by atoms with Crippen molar-refractivity contribution < 1.29 is 52.9 Å². The van der Waals surface area contributed by atoms with Crippen LogP contribution in [-0.4, -0.2) is 150 Å². The molecule has 1 aromatic heterocycles. The van der Waals surface area contributed by atoms with Crippen LogP contribution in [0.3, 0.4) is 0 Å². The molecule has 396 valence electrons. The molecule has 0 radical (unpaired) electrons. The smallest absolute Gasteiger partial charge is 0.415 e. The lowest BCUT2D eigenvalue weighted by molar-refractivity contribution is -0.155. The molecule has 0 spiro atoms. The number of methoxy groups -OCH3 is 1. The second-order valence-corrected chi connectivity index (χ2v) is 20.8. The first-order chi connectivity index (χ1) is 35.2. The zero-order valence-electron chi connectivity index (χ0n) is 43.9. The van der Waals surface area contributed by atoms with Crippen LogP contribution in [0, 0.1) is 17.3 Å². The number of aryl methyl sites for hydroxylation is 1. The molecule has 1 unspecified atom stereocenters. The number of hydrogen-bond donors (Lipinski definition) is 3. The lowest BCUT2D eigenvalue weighted by atomic mass is 9.83. The van der Waals surface area contributed by atoms with E-state index in [1.807, 2.05) is 24.3 Å². The number of aliphatic carboxylic acids is 1. The summed E-state index contributed by atoms with van der Waals surface area (Å²) in [7, 11) is 4.54. The number of hydrogen-bond acceptors (Lipinski definition) is 11. The van der Waals surface area contributed by atoms with Gasteiger partial charge < -0.3 is 39.0 Å². The van der Waals surface area contributed by atoms with Gasteiger partial charge >= 0.3 is 18.0 Å². The molecule has 4 aromatic rings. The number of benzene rings is 3. The van der Waals surface area contributed by atoms with Crippen LogP contribution in [-0.2, 0) is 64.0 Å². The normalized spacial score (nSPS) is 19.3. The van der Waals surface area contributed by atoms with Gasteiger partial charge in [-0.2, -0.15) is 0 Å². The molecule has 3 N–H and O–H groups in total. The number of likely N-dealkylation sites (tertiary alicyclic amines) is 1. The fourth-order valence-corrected chi connectivity index (χ4v) is 10.6. The molecule has 3 aromatic carbocycles. The van der Waals surface area contributed by atoms with Crippen LogP contribution in [0.1, 0.15) is 70.6 Å². The van der Waals surface area contributed by atoms with E-state index in [9.17, 15) is 38.7 Å². The molecule has 6 bridgehead atoms. The Morgan fingerprint density at radius 3 is 2.47 bits per heavy atom. The van der Waals surface area contributed by atoms with Gasteiger partial charge in [-0.25, -0.2) is 10.2 Å². The van der Waals surface area contributed by atoms with Crippen molar-refractivity contribution in [2.45, 2.75) is 97.8 Å². The van der Waals surface area contributed by atoms with E-state index >= 15 is 0 Å². The highest BCUT2D eigenvalue weighted by atomic mass is 16.6. The predicted molar refractivity (Wildman–Crippen MR) is 279 cm³/mol. The summed E-state index contributed by atoms with van der Waals surface area (Å²) in [4.78, 5) is 99.2. The highest BCUT2D eigenvalue weighted by molar-refractivity contribution is 5.96. The first kappa shape index (κ1) is 54.7. The lowest BCUT2D eigenvalue weighted by Gasteiger charge is -2.37. The fraction of sp³-hybridized carbons (Fsp3) is 0.482. The second-order valence-electron chi connectivity index (χ2n) is 20.8. The summed E-state index contributed by atoms with van der Waals surface area (Å²) in [6.45, 7) is 14.8. The van der Waals surface area contributed by atoms with Crippen molar-refractivity contribution in [2.24, 2.45) is 17.3 Å². The minimum atomic E-state index is -1.29. The number of carboxylic acid groups (broad SMARTS) is 1. The van der Waals surface area contributed by atoms with Crippen LogP contribution in [0.4, 0.5) is 4.79 Å². The number of nitrogens with zero attached hydrogens (tertiary/aromatic N) is 5. The first-order valence-corrected chi connectivity index (χ1v) is 25.5. The minimum Gasteiger partial charge on any atom is -0.480 e. The summed E-state index contributed by atoms with van der Waals surface area (Å²) in [6.07, 6.45) is 2.59. The standard InChI is InChI=1S/C56H71N7O11/c1-10-47(64)61-23-20-38(31-61)52(68)60(8)49(34(3)4)51(67)57-45-27-35-25-39(28-40(26-35)74-55(71)59(7)32-48(65)66)37-18-19-46-42(29-37)43(50(62(46)11-2)41-16-13-12-15-36(41)21-24-72-9)30-56(5,6)33-73-54(70)44-17-14-22-63(58-44)53(45)69/h10,12-13,15-16,18-19,25-26,28-29,34,38,44-45,49,58H,1,11,14,17,20-24,27,30-33H2,2-9H3,(H,57,67)(H,65,66)/t38-,44-,45-,49?/m0/s1. The Morgan fingerprint density at radius 2 is 1.77 bits per heavy atom. The van der Waals surface area contributed by atoms with Crippen molar-refractivity contribution in [1.82, 2.24) is 35.0 Å². The van der Waals surface area contributed by atoms with Gasteiger partial charge in [-0.05, 0) is 103 Å². The van der Waals surface area contributed by atoms with Gasteiger partial charge in [-0.3, -0.25) is 38.7 Å². The molecule has 0 saturated carbocycles. The fourth-order valence-electron chi connectivity index (χ4n) is 10.6. The molecule has 5 amide bonds. The Morgan fingerprint density at radius 1 is 1.01 bits per heavy atom. The summed E-state index contributed by atoms with van der Waals surface area (Å²) >= 11 is 0. The Labute approximate surface area is 432 Å². The zero-order chi connectivity index (χ0) is 53.6. The van der Waals surface area contributed by atoms with Gasteiger partial charge in [0, 0.05) is 75.7 Å². The highest BCUT2D eigenvalue weighted by Crippen LogP contribution is 2.42. The Bertz CT molecular complexity index is 2800. The van der Waals surface area contributed by atoms with E-state index in [1.165, 1.54) is 23.0 Å². The third-order valence-corrected chi connectivity index (χ3v) is 14.3. The Hall–Kier alpha value is -7.05. The summed E-state index contributed by atoms with van der Waals surface area (Å²) in [5.74, 6) is -4.40. The molecule has 18 heteroatoms. The molecular formula is C56H71N7O11. The van der Waals surface area contributed by atoms with E-state index in [0.29, 0.717) is 62.9 Å². The first-order valence-electron chi connectivity index (χ1n) is 25.5. The summed E-state index contributed by atoms with van der Waals surface area (Å²) in [6, 6.07) is 16.3. The number of nitrogens with one attached hydrogen (secondary N) is 2. The number of rotatable bonds is 14. The van der Waals surface area contributed by atoms with Crippen molar-refractivity contribution in [1.29, 1.82) is 0 Å². The van der Waals surface area contributed by atoms with Gasteiger partial charge in [0.05, 0.1) is 24.8 Å². The van der Waals surface area contributed by atoms with Gasteiger partial charge in [-0.15, -0.1) is 0 Å². The molecule has 74 heavy (non-hydrogen) atoms. The molecule has 3 aliphatic heterocycles. The number of esters is 1. The number of carbonyl (C=O) groups excluding carboxylic acids is 6. The number of cyclic esters (lactones) is 1. The molecule has 18 nitrogen and oxygen atoms in total. The highest BCUT2D eigenvalue weighted by Gasteiger charge is 2.40. The zero-order valence-corrected chi connectivity index (χ0v) is 43.9. The van der Waals surface area contributed by atoms with Crippen molar-refractivity contribution in [2.75, 3.05) is 60.6 Å². The van der Waals surface area contributed by atoms with Crippen LogP contribution in [0.15, 0.2) is 73.3 Å². The maximum absolute atomic E-state index is 15.0. The SMILES string of the molecule is C=CC(=O)N1CC[C@H](C(=O)N(C)C(C(=O)N[C@H]2Cc3cc(OC(=O)N(C)CC(=O)O)cc(c3)-c3ccc4c(c3)c(c(-c3ccccc3CCOC)n4CC)CC(C)(C)COC(=O)[C@@H]3CCCN(N3)C2=O)C(C)C)C1. The second kappa shape index (κ2) is 23.4. The average molecular weight is 1020 g/mol.